The summed E-state index contributed by atoms with van der Waals surface area (Å²) in [5.41, 5.74) is 2.11. The summed E-state index contributed by atoms with van der Waals surface area (Å²) in [6, 6.07) is 8.20. The van der Waals surface area contributed by atoms with Gasteiger partial charge in [0.1, 0.15) is 0 Å². The van der Waals surface area contributed by atoms with Crippen molar-refractivity contribution in [3.8, 4) is 0 Å². The van der Waals surface area contributed by atoms with Gasteiger partial charge in [-0.25, -0.2) is 0 Å². The van der Waals surface area contributed by atoms with Crippen molar-refractivity contribution in [1.29, 1.82) is 0 Å². The molecule has 2 N–H and O–H groups in total. The van der Waals surface area contributed by atoms with Gasteiger partial charge in [-0.2, -0.15) is 0 Å². The topological polar surface area (TPSA) is 41.1 Å². The Morgan fingerprint density at radius 2 is 2.15 bits per heavy atom. The highest BCUT2D eigenvalue weighted by Crippen LogP contribution is 2.32. The van der Waals surface area contributed by atoms with Crippen LogP contribution in [0.1, 0.15) is 37.8 Å². The van der Waals surface area contributed by atoms with Crippen LogP contribution in [0, 0.1) is 18.3 Å². The molecule has 3 heteroatoms. The van der Waals surface area contributed by atoms with Crippen LogP contribution < -0.4 is 10.6 Å². The van der Waals surface area contributed by atoms with Crippen molar-refractivity contribution in [2.45, 2.75) is 40.2 Å². The molecule has 1 aliphatic rings. The van der Waals surface area contributed by atoms with E-state index in [1.165, 1.54) is 17.5 Å². The molecule has 0 bridgehead atoms. The van der Waals surface area contributed by atoms with Crippen molar-refractivity contribution in [1.82, 2.24) is 10.6 Å². The van der Waals surface area contributed by atoms with Crippen LogP contribution in [0.15, 0.2) is 24.3 Å². The molecular formula is C17H26N2O. The Bertz CT molecular complexity index is 462. The molecule has 0 spiro atoms. The van der Waals surface area contributed by atoms with Gasteiger partial charge in [-0.05, 0) is 49.9 Å². The molecule has 1 amide bonds. The number of carbonyl (C=O) groups excluding carboxylic acids is 1. The molecule has 3 nitrogen and oxygen atoms in total. The Hall–Kier alpha value is -1.35. The van der Waals surface area contributed by atoms with E-state index < -0.39 is 0 Å². The lowest BCUT2D eigenvalue weighted by molar-refractivity contribution is -0.132. The van der Waals surface area contributed by atoms with Gasteiger partial charge in [-0.1, -0.05) is 38.1 Å². The molecular weight excluding hydrogens is 248 g/mol. The standard InChI is InChI=1S/C17H26N2O/c1-13-7-4-5-8-14(13)11-19-16(20)17(2,3)15-9-6-10-18-12-15/h4-5,7-8,15,18H,6,9-12H2,1-3H3,(H,19,20). The van der Waals surface area contributed by atoms with E-state index in [4.69, 9.17) is 0 Å². The second-order valence-electron chi connectivity index (χ2n) is 6.37. The maximum absolute atomic E-state index is 12.5. The number of hydrogen-bond acceptors (Lipinski definition) is 2. The van der Waals surface area contributed by atoms with Gasteiger partial charge in [-0.15, -0.1) is 0 Å². The predicted molar refractivity (Wildman–Crippen MR) is 82.4 cm³/mol. The summed E-state index contributed by atoms with van der Waals surface area (Å²) in [6.07, 6.45) is 2.30. The molecule has 0 aliphatic carbocycles. The molecule has 1 saturated heterocycles. The number of piperidine rings is 1. The number of benzene rings is 1. The van der Waals surface area contributed by atoms with E-state index in [1.54, 1.807) is 0 Å². The summed E-state index contributed by atoms with van der Waals surface area (Å²) in [5, 5.41) is 6.51. The summed E-state index contributed by atoms with van der Waals surface area (Å²) in [7, 11) is 0. The van der Waals surface area contributed by atoms with Crippen molar-refractivity contribution in [2.75, 3.05) is 13.1 Å². The van der Waals surface area contributed by atoms with Crippen LogP contribution in [0.5, 0.6) is 0 Å². The van der Waals surface area contributed by atoms with Crippen molar-refractivity contribution in [3.05, 3.63) is 35.4 Å². The number of nitrogens with one attached hydrogen (secondary N) is 2. The van der Waals surface area contributed by atoms with Crippen LogP contribution in [0.4, 0.5) is 0 Å². The SMILES string of the molecule is Cc1ccccc1CNC(=O)C(C)(C)C1CCCNC1. The molecule has 20 heavy (non-hydrogen) atoms. The molecule has 2 rings (SSSR count). The molecule has 0 radical (unpaired) electrons. The molecule has 1 fully saturated rings. The minimum absolute atomic E-state index is 0.162. The molecule has 1 atom stereocenters. The van der Waals surface area contributed by atoms with Crippen LogP contribution in [-0.2, 0) is 11.3 Å². The lowest BCUT2D eigenvalue weighted by atomic mass is 9.74. The zero-order valence-corrected chi connectivity index (χ0v) is 12.8. The smallest absolute Gasteiger partial charge is 0.226 e. The van der Waals surface area contributed by atoms with Crippen LogP contribution >= 0.6 is 0 Å². The van der Waals surface area contributed by atoms with Gasteiger partial charge in [0.25, 0.3) is 0 Å². The summed E-state index contributed by atoms with van der Waals surface area (Å²) >= 11 is 0. The number of carbonyl (C=O) groups is 1. The molecule has 1 aliphatic heterocycles. The number of aryl methyl sites for hydroxylation is 1. The average Bonchev–Trinajstić information content (AvgIpc) is 2.47. The van der Waals surface area contributed by atoms with E-state index in [0.717, 1.165) is 19.5 Å². The Labute approximate surface area is 122 Å². The van der Waals surface area contributed by atoms with E-state index in [0.29, 0.717) is 12.5 Å². The lowest BCUT2D eigenvalue weighted by Crippen LogP contribution is -2.47. The Morgan fingerprint density at radius 3 is 2.80 bits per heavy atom. The summed E-state index contributed by atoms with van der Waals surface area (Å²) < 4.78 is 0. The van der Waals surface area contributed by atoms with E-state index >= 15 is 0 Å². The van der Waals surface area contributed by atoms with E-state index in [1.807, 2.05) is 12.1 Å². The van der Waals surface area contributed by atoms with Gasteiger partial charge in [0.05, 0.1) is 0 Å². The van der Waals surface area contributed by atoms with Crippen molar-refractivity contribution < 1.29 is 4.79 Å². The third-order valence-corrected chi connectivity index (χ3v) is 4.60. The van der Waals surface area contributed by atoms with E-state index in [2.05, 4.69) is 43.5 Å². The van der Waals surface area contributed by atoms with Crippen LogP contribution in [0.3, 0.4) is 0 Å². The van der Waals surface area contributed by atoms with E-state index in [9.17, 15) is 4.79 Å². The molecule has 110 valence electrons. The van der Waals surface area contributed by atoms with E-state index in [-0.39, 0.29) is 11.3 Å². The highest BCUT2D eigenvalue weighted by molar-refractivity contribution is 5.82. The number of amides is 1. The Morgan fingerprint density at radius 1 is 1.40 bits per heavy atom. The molecule has 1 aromatic carbocycles. The minimum Gasteiger partial charge on any atom is -0.352 e. The normalized spacial score (nSPS) is 19.6. The van der Waals surface area contributed by atoms with Crippen molar-refractivity contribution in [2.24, 2.45) is 11.3 Å². The Kier molecular flexibility index (Phi) is 4.81. The van der Waals surface area contributed by atoms with Gasteiger partial charge in [0, 0.05) is 12.0 Å². The first-order chi connectivity index (χ1) is 9.51. The van der Waals surface area contributed by atoms with Gasteiger partial charge >= 0.3 is 0 Å². The zero-order valence-electron chi connectivity index (χ0n) is 12.8. The quantitative estimate of drug-likeness (QED) is 0.886. The van der Waals surface area contributed by atoms with Gasteiger partial charge in [0.2, 0.25) is 5.91 Å². The lowest BCUT2D eigenvalue weighted by Gasteiger charge is -2.36. The predicted octanol–water partition coefficient (Wildman–Crippen LogP) is 2.64. The van der Waals surface area contributed by atoms with Crippen molar-refractivity contribution >= 4 is 5.91 Å². The fourth-order valence-electron chi connectivity index (χ4n) is 2.86. The fraction of sp³-hybridized carbons (Fsp3) is 0.588. The Balaban J connectivity index is 1.95. The molecule has 1 aromatic rings. The molecule has 1 unspecified atom stereocenters. The third kappa shape index (κ3) is 3.40. The van der Waals surface area contributed by atoms with Gasteiger partial charge < -0.3 is 10.6 Å². The van der Waals surface area contributed by atoms with Crippen LogP contribution in [0.2, 0.25) is 0 Å². The minimum atomic E-state index is -0.309. The summed E-state index contributed by atoms with van der Waals surface area (Å²) in [5.74, 6) is 0.586. The average molecular weight is 274 g/mol. The second kappa shape index (κ2) is 6.40. The highest BCUT2D eigenvalue weighted by Gasteiger charge is 2.36. The maximum Gasteiger partial charge on any atom is 0.226 e. The van der Waals surface area contributed by atoms with Crippen LogP contribution in [0.25, 0.3) is 0 Å². The molecule has 1 heterocycles. The second-order valence-corrected chi connectivity index (χ2v) is 6.37. The number of rotatable bonds is 4. The summed E-state index contributed by atoms with van der Waals surface area (Å²) in [4.78, 5) is 12.5. The monoisotopic (exact) mass is 274 g/mol. The fourth-order valence-corrected chi connectivity index (χ4v) is 2.86. The number of hydrogen-bond donors (Lipinski definition) is 2. The van der Waals surface area contributed by atoms with Gasteiger partial charge in [-0.3, -0.25) is 4.79 Å². The molecule has 0 saturated carbocycles. The van der Waals surface area contributed by atoms with Crippen LogP contribution in [-0.4, -0.2) is 19.0 Å². The van der Waals surface area contributed by atoms with Gasteiger partial charge in [0.15, 0.2) is 0 Å². The van der Waals surface area contributed by atoms with Crippen molar-refractivity contribution in [3.63, 3.8) is 0 Å². The first kappa shape index (κ1) is 15.0. The third-order valence-electron chi connectivity index (χ3n) is 4.60. The maximum atomic E-state index is 12.5. The largest absolute Gasteiger partial charge is 0.352 e. The first-order valence-corrected chi connectivity index (χ1v) is 7.55. The first-order valence-electron chi connectivity index (χ1n) is 7.55. The zero-order chi connectivity index (χ0) is 14.6. The molecule has 0 aromatic heterocycles. The summed E-state index contributed by atoms with van der Waals surface area (Å²) in [6.45, 7) is 8.87. The highest BCUT2D eigenvalue weighted by atomic mass is 16.2.